The molecule has 2 aromatic rings. The van der Waals surface area contributed by atoms with Crippen molar-refractivity contribution < 1.29 is 19.4 Å². The number of hydrogen-bond acceptors (Lipinski definition) is 4. The molecule has 0 aromatic heterocycles. The average molecular weight is 257 g/mol. The summed E-state index contributed by atoms with van der Waals surface area (Å²) in [6.45, 7) is 0.209. The van der Waals surface area contributed by atoms with Gasteiger partial charge in [-0.3, -0.25) is 0 Å². The van der Waals surface area contributed by atoms with Crippen molar-refractivity contribution in [2.75, 3.05) is 12.5 Å². The third kappa shape index (κ3) is 1.95. The van der Waals surface area contributed by atoms with E-state index < -0.39 is 5.97 Å². The largest absolute Gasteiger partial charge is 0.478 e. The third-order valence-corrected chi connectivity index (χ3v) is 2.99. The SMILES string of the molecule is Nc1ccc(-c2ccc3c(c2)OCO3)cc1C(=O)O. The minimum absolute atomic E-state index is 0.0927. The van der Waals surface area contributed by atoms with Gasteiger partial charge >= 0.3 is 5.97 Å². The van der Waals surface area contributed by atoms with Crippen LogP contribution in [0.2, 0.25) is 0 Å². The maximum atomic E-state index is 11.1. The molecule has 1 heterocycles. The highest BCUT2D eigenvalue weighted by Gasteiger charge is 2.15. The summed E-state index contributed by atoms with van der Waals surface area (Å²) < 4.78 is 10.5. The van der Waals surface area contributed by atoms with E-state index in [4.69, 9.17) is 20.3 Å². The van der Waals surface area contributed by atoms with E-state index in [2.05, 4.69) is 0 Å². The molecule has 0 aliphatic carbocycles. The van der Waals surface area contributed by atoms with Gasteiger partial charge in [-0.1, -0.05) is 12.1 Å². The molecule has 1 aliphatic rings. The Bertz CT molecular complexity index is 666. The van der Waals surface area contributed by atoms with Crippen LogP contribution in [0.3, 0.4) is 0 Å². The highest BCUT2D eigenvalue weighted by atomic mass is 16.7. The molecule has 0 amide bonds. The Kier molecular flexibility index (Phi) is 2.52. The molecular formula is C14H11NO4. The lowest BCUT2D eigenvalue weighted by molar-refractivity contribution is 0.0698. The zero-order valence-corrected chi connectivity index (χ0v) is 9.92. The van der Waals surface area contributed by atoms with Gasteiger partial charge in [-0.2, -0.15) is 0 Å². The van der Waals surface area contributed by atoms with Gasteiger partial charge in [0.05, 0.1) is 5.56 Å². The third-order valence-electron chi connectivity index (χ3n) is 2.99. The second kappa shape index (κ2) is 4.20. The molecular weight excluding hydrogens is 246 g/mol. The number of carboxylic acids is 1. The second-order valence-electron chi connectivity index (χ2n) is 4.18. The Hall–Kier alpha value is -2.69. The van der Waals surface area contributed by atoms with Crippen LogP contribution in [0.25, 0.3) is 11.1 Å². The molecule has 0 atom stereocenters. The molecule has 0 spiro atoms. The topological polar surface area (TPSA) is 81.8 Å². The number of ether oxygens (including phenoxy) is 2. The number of carbonyl (C=O) groups is 1. The average Bonchev–Trinajstić information content (AvgIpc) is 2.86. The second-order valence-corrected chi connectivity index (χ2v) is 4.18. The van der Waals surface area contributed by atoms with Crippen LogP contribution in [0.4, 0.5) is 5.69 Å². The van der Waals surface area contributed by atoms with Crippen molar-refractivity contribution in [1.82, 2.24) is 0 Å². The van der Waals surface area contributed by atoms with Crippen LogP contribution in [-0.2, 0) is 0 Å². The number of nitrogens with two attached hydrogens (primary N) is 1. The van der Waals surface area contributed by atoms with Crippen LogP contribution in [0.1, 0.15) is 10.4 Å². The van der Waals surface area contributed by atoms with Crippen molar-refractivity contribution in [1.29, 1.82) is 0 Å². The van der Waals surface area contributed by atoms with E-state index in [-0.39, 0.29) is 18.0 Å². The maximum Gasteiger partial charge on any atom is 0.337 e. The summed E-state index contributed by atoms with van der Waals surface area (Å²) in [7, 11) is 0. The number of rotatable bonds is 2. The zero-order valence-electron chi connectivity index (χ0n) is 9.92. The number of anilines is 1. The van der Waals surface area contributed by atoms with Gasteiger partial charge in [0, 0.05) is 5.69 Å². The molecule has 0 fully saturated rings. The normalized spacial score (nSPS) is 12.4. The molecule has 0 bridgehead atoms. The van der Waals surface area contributed by atoms with Crippen molar-refractivity contribution in [2.45, 2.75) is 0 Å². The van der Waals surface area contributed by atoms with Crippen LogP contribution < -0.4 is 15.2 Å². The van der Waals surface area contributed by atoms with Gasteiger partial charge in [0.15, 0.2) is 11.5 Å². The number of benzene rings is 2. The van der Waals surface area contributed by atoms with Crippen LogP contribution >= 0.6 is 0 Å². The fourth-order valence-electron chi connectivity index (χ4n) is 2.00. The monoisotopic (exact) mass is 257 g/mol. The number of fused-ring (bicyclic) bond motifs is 1. The number of hydrogen-bond donors (Lipinski definition) is 2. The molecule has 96 valence electrons. The minimum Gasteiger partial charge on any atom is -0.478 e. The van der Waals surface area contributed by atoms with Gasteiger partial charge in [0.25, 0.3) is 0 Å². The van der Waals surface area contributed by atoms with Gasteiger partial charge in [0.1, 0.15) is 0 Å². The van der Waals surface area contributed by atoms with Gasteiger partial charge in [-0.25, -0.2) is 4.79 Å². The highest BCUT2D eigenvalue weighted by molar-refractivity contribution is 5.95. The molecule has 0 saturated heterocycles. The molecule has 2 aromatic carbocycles. The highest BCUT2D eigenvalue weighted by Crippen LogP contribution is 2.36. The standard InChI is InChI=1S/C14H11NO4/c15-11-3-1-8(5-10(11)14(16)17)9-2-4-12-13(6-9)19-7-18-12/h1-6H,7,15H2,(H,16,17). The summed E-state index contributed by atoms with van der Waals surface area (Å²) in [6.07, 6.45) is 0. The smallest absolute Gasteiger partial charge is 0.337 e. The summed E-state index contributed by atoms with van der Waals surface area (Å²) in [6, 6.07) is 10.4. The quantitative estimate of drug-likeness (QED) is 0.807. The van der Waals surface area contributed by atoms with Crippen molar-refractivity contribution in [3.63, 3.8) is 0 Å². The van der Waals surface area contributed by atoms with E-state index in [0.29, 0.717) is 11.5 Å². The molecule has 19 heavy (non-hydrogen) atoms. The van der Waals surface area contributed by atoms with Gasteiger partial charge in [0.2, 0.25) is 6.79 Å². The predicted molar refractivity (Wildman–Crippen MR) is 69.4 cm³/mol. The zero-order chi connectivity index (χ0) is 13.4. The van der Waals surface area contributed by atoms with Crippen molar-refractivity contribution >= 4 is 11.7 Å². The van der Waals surface area contributed by atoms with E-state index in [9.17, 15) is 4.79 Å². The van der Waals surface area contributed by atoms with Crippen LogP contribution in [0, 0.1) is 0 Å². The minimum atomic E-state index is -1.04. The van der Waals surface area contributed by atoms with E-state index in [1.165, 1.54) is 0 Å². The first-order chi connectivity index (χ1) is 9.15. The van der Waals surface area contributed by atoms with Gasteiger partial charge in [-0.05, 0) is 35.4 Å². The Labute approximate surface area is 109 Å². The first kappa shape index (κ1) is 11.4. The maximum absolute atomic E-state index is 11.1. The van der Waals surface area contributed by atoms with E-state index >= 15 is 0 Å². The number of carboxylic acid groups (broad SMARTS) is 1. The lowest BCUT2D eigenvalue weighted by atomic mass is 10.0. The summed E-state index contributed by atoms with van der Waals surface area (Å²) in [5, 5.41) is 9.07. The van der Waals surface area contributed by atoms with Gasteiger partial charge < -0.3 is 20.3 Å². The Morgan fingerprint density at radius 1 is 1.05 bits per heavy atom. The fourth-order valence-corrected chi connectivity index (χ4v) is 2.00. The number of nitrogen functional groups attached to an aromatic ring is 1. The first-order valence-electron chi connectivity index (χ1n) is 5.68. The molecule has 0 unspecified atom stereocenters. The molecule has 3 N–H and O–H groups in total. The van der Waals surface area contributed by atoms with Crippen molar-refractivity contribution in [2.24, 2.45) is 0 Å². The van der Waals surface area contributed by atoms with Crippen molar-refractivity contribution in [3.05, 3.63) is 42.0 Å². The Morgan fingerprint density at radius 2 is 1.74 bits per heavy atom. The molecule has 1 aliphatic heterocycles. The molecule has 0 radical (unpaired) electrons. The number of aromatic carboxylic acids is 1. The lowest BCUT2D eigenvalue weighted by Crippen LogP contribution is -2.02. The molecule has 3 rings (SSSR count). The van der Waals surface area contributed by atoms with Crippen LogP contribution in [0.15, 0.2) is 36.4 Å². The Morgan fingerprint density at radius 3 is 2.53 bits per heavy atom. The first-order valence-corrected chi connectivity index (χ1v) is 5.68. The van der Waals surface area contributed by atoms with Crippen molar-refractivity contribution in [3.8, 4) is 22.6 Å². The summed E-state index contributed by atoms with van der Waals surface area (Å²) in [5.74, 6) is 0.309. The summed E-state index contributed by atoms with van der Waals surface area (Å²) >= 11 is 0. The van der Waals surface area contributed by atoms with Crippen LogP contribution in [0.5, 0.6) is 11.5 Å². The van der Waals surface area contributed by atoms with E-state index in [1.54, 1.807) is 24.3 Å². The molecule has 5 nitrogen and oxygen atoms in total. The van der Waals surface area contributed by atoms with E-state index in [0.717, 1.165) is 11.1 Å². The predicted octanol–water partition coefficient (Wildman–Crippen LogP) is 2.36. The van der Waals surface area contributed by atoms with Crippen LogP contribution in [-0.4, -0.2) is 17.9 Å². The molecule has 5 heteroatoms. The lowest BCUT2D eigenvalue weighted by Gasteiger charge is -2.06. The fraction of sp³-hybridized carbons (Fsp3) is 0.0714. The molecule has 0 saturated carbocycles. The van der Waals surface area contributed by atoms with Gasteiger partial charge in [-0.15, -0.1) is 0 Å². The van der Waals surface area contributed by atoms with E-state index in [1.807, 2.05) is 12.1 Å². The summed E-state index contributed by atoms with van der Waals surface area (Å²) in [4.78, 5) is 11.1. The summed E-state index contributed by atoms with van der Waals surface area (Å²) in [5.41, 5.74) is 7.59. The Balaban J connectivity index is 2.07.